The molecule has 130 valence electrons. The summed E-state index contributed by atoms with van der Waals surface area (Å²) in [6.07, 6.45) is 1.86. The summed E-state index contributed by atoms with van der Waals surface area (Å²) in [5.41, 5.74) is 2.24. The van der Waals surface area contributed by atoms with Gasteiger partial charge in [-0.25, -0.2) is 13.8 Å². The molecule has 3 rings (SSSR count). The Morgan fingerprint density at radius 2 is 1.38 bits per heavy atom. The van der Waals surface area contributed by atoms with Crippen molar-refractivity contribution in [2.24, 2.45) is 4.99 Å². The SMILES string of the molecule is Fc1ccc(N=C(C=CSc2ccc(F)cc2)c2ccc(Cl)cc2)cc1. The van der Waals surface area contributed by atoms with Crippen molar-refractivity contribution >= 4 is 34.8 Å². The number of nitrogens with zero attached hydrogens (tertiary/aromatic N) is 1. The summed E-state index contributed by atoms with van der Waals surface area (Å²) < 4.78 is 26.1. The standard InChI is InChI=1S/C21H14ClF2NS/c22-16-3-1-15(2-4-16)21(25-19-9-5-17(23)6-10-19)13-14-26-20-11-7-18(24)8-12-20/h1-14H. The van der Waals surface area contributed by atoms with Crippen molar-refractivity contribution in [1.29, 1.82) is 0 Å². The van der Waals surface area contributed by atoms with E-state index >= 15 is 0 Å². The molecule has 3 aromatic carbocycles. The third-order valence-corrected chi connectivity index (χ3v) is 4.53. The number of hydrogen-bond donors (Lipinski definition) is 0. The fourth-order valence-electron chi connectivity index (χ4n) is 2.16. The second-order valence-electron chi connectivity index (χ2n) is 5.35. The van der Waals surface area contributed by atoms with E-state index in [2.05, 4.69) is 4.99 Å². The highest BCUT2D eigenvalue weighted by molar-refractivity contribution is 8.02. The fraction of sp³-hybridized carbons (Fsp3) is 0. The third-order valence-electron chi connectivity index (χ3n) is 3.46. The van der Waals surface area contributed by atoms with Crippen molar-refractivity contribution in [2.75, 3.05) is 0 Å². The van der Waals surface area contributed by atoms with Crippen molar-refractivity contribution in [1.82, 2.24) is 0 Å². The largest absolute Gasteiger partial charge is 0.248 e. The average Bonchev–Trinajstić information content (AvgIpc) is 2.65. The van der Waals surface area contributed by atoms with Crippen LogP contribution >= 0.6 is 23.4 Å². The molecule has 0 aliphatic rings. The Bertz CT molecular complexity index is 918. The smallest absolute Gasteiger partial charge is 0.123 e. The number of rotatable bonds is 5. The highest BCUT2D eigenvalue weighted by atomic mass is 35.5. The molecule has 3 aromatic rings. The second kappa shape index (κ2) is 8.79. The summed E-state index contributed by atoms with van der Waals surface area (Å²) in [6.45, 7) is 0. The topological polar surface area (TPSA) is 12.4 Å². The summed E-state index contributed by atoms with van der Waals surface area (Å²) in [5.74, 6) is -0.572. The molecule has 0 N–H and O–H groups in total. The Morgan fingerprint density at radius 1 is 0.808 bits per heavy atom. The van der Waals surface area contributed by atoms with Crippen LogP contribution in [0.5, 0.6) is 0 Å². The Balaban J connectivity index is 1.87. The zero-order valence-corrected chi connectivity index (χ0v) is 15.1. The molecule has 1 nitrogen and oxygen atoms in total. The third kappa shape index (κ3) is 5.28. The van der Waals surface area contributed by atoms with E-state index in [0.29, 0.717) is 16.4 Å². The van der Waals surface area contributed by atoms with Crippen LogP contribution in [-0.2, 0) is 0 Å². The maximum atomic E-state index is 13.1. The highest BCUT2D eigenvalue weighted by Crippen LogP contribution is 2.21. The molecule has 0 aromatic heterocycles. The van der Waals surface area contributed by atoms with Gasteiger partial charge in [0, 0.05) is 15.5 Å². The molecule has 0 aliphatic carbocycles. The van der Waals surface area contributed by atoms with E-state index in [-0.39, 0.29) is 11.6 Å². The molecule has 26 heavy (non-hydrogen) atoms. The van der Waals surface area contributed by atoms with Gasteiger partial charge in [-0.1, -0.05) is 35.5 Å². The Morgan fingerprint density at radius 3 is 2.00 bits per heavy atom. The highest BCUT2D eigenvalue weighted by Gasteiger charge is 2.02. The van der Waals surface area contributed by atoms with Crippen LogP contribution in [0.4, 0.5) is 14.5 Å². The molecule has 0 heterocycles. The molecule has 0 atom stereocenters. The first-order valence-electron chi connectivity index (χ1n) is 7.79. The van der Waals surface area contributed by atoms with Crippen LogP contribution in [0, 0.1) is 11.6 Å². The van der Waals surface area contributed by atoms with Gasteiger partial charge in [0.25, 0.3) is 0 Å². The van der Waals surface area contributed by atoms with Crippen LogP contribution in [0.15, 0.2) is 94.2 Å². The summed E-state index contributed by atoms with van der Waals surface area (Å²) in [6, 6.07) is 19.6. The van der Waals surface area contributed by atoms with Crippen LogP contribution in [0.1, 0.15) is 5.56 Å². The molecule has 0 saturated heterocycles. The number of halogens is 3. The molecule has 0 saturated carbocycles. The van der Waals surface area contributed by atoms with E-state index in [1.165, 1.54) is 36.0 Å². The molecule has 0 spiro atoms. The first-order valence-corrected chi connectivity index (χ1v) is 9.05. The monoisotopic (exact) mass is 385 g/mol. The number of thioether (sulfide) groups is 1. The van der Waals surface area contributed by atoms with Crippen LogP contribution < -0.4 is 0 Å². The van der Waals surface area contributed by atoms with Crippen molar-refractivity contribution in [2.45, 2.75) is 4.90 Å². The molecule has 0 bridgehead atoms. The minimum atomic E-state index is -0.306. The Kier molecular flexibility index (Phi) is 6.21. The predicted octanol–water partition coefficient (Wildman–Crippen LogP) is 7.05. The van der Waals surface area contributed by atoms with E-state index in [0.717, 1.165) is 10.5 Å². The predicted molar refractivity (Wildman–Crippen MR) is 105 cm³/mol. The number of benzene rings is 3. The minimum Gasteiger partial charge on any atom is -0.248 e. The van der Waals surface area contributed by atoms with Gasteiger partial charge >= 0.3 is 0 Å². The first kappa shape index (κ1) is 18.4. The molecule has 5 heteroatoms. The van der Waals surface area contributed by atoms with Crippen molar-refractivity contribution in [3.05, 3.63) is 107 Å². The van der Waals surface area contributed by atoms with Gasteiger partial charge < -0.3 is 0 Å². The fourth-order valence-corrected chi connectivity index (χ4v) is 2.94. The summed E-state index contributed by atoms with van der Waals surface area (Å²) in [5, 5.41) is 2.52. The minimum absolute atomic E-state index is 0.266. The lowest BCUT2D eigenvalue weighted by atomic mass is 10.1. The maximum Gasteiger partial charge on any atom is 0.123 e. The van der Waals surface area contributed by atoms with Gasteiger partial charge in [0.15, 0.2) is 0 Å². The van der Waals surface area contributed by atoms with Gasteiger partial charge in [-0.15, -0.1) is 0 Å². The van der Waals surface area contributed by atoms with Crippen LogP contribution in [0.3, 0.4) is 0 Å². The van der Waals surface area contributed by atoms with Crippen molar-refractivity contribution in [3.63, 3.8) is 0 Å². The van der Waals surface area contributed by atoms with Gasteiger partial charge in [0.2, 0.25) is 0 Å². The second-order valence-corrected chi connectivity index (χ2v) is 6.77. The normalized spacial score (nSPS) is 11.9. The molecule has 0 aliphatic heterocycles. The molecule has 0 unspecified atom stereocenters. The lowest BCUT2D eigenvalue weighted by Gasteiger charge is -2.04. The van der Waals surface area contributed by atoms with Crippen LogP contribution in [-0.4, -0.2) is 5.71 Å². The van der Waals surface area contributed by atoms with Gasteiger partial charge in [0.05, 0.1) is 11.4 Å². The quantitative estimate of drug-likeness (QED) is 0.338. The summed E-state index contributed by atoms with van der Waals surface area (Å²) in [4.78, 5) is 5.51. The lowest BCUT2D eigenvalue weighted by Crippen LogP contribution is -1.95. The molecular weight excluding hydrogens is 372 g/mol. The average molecular weight is 386 g/mol. The van der Waals surface area contributed by atoms with E-state index < -0.39 is 0 Å². The molecule has 0 amide bonds. The van der Waals surface area contributed by atoms with Gasteiger partial charge in [-0.2, -0.15) is 0 Å². The van der Waals surface area contributed by atoms with Gasteiger partial charge in [0.1, 0.15) is 11.6 Å². The zero-order chi connectivity index (χ0) is 18.4. The van der Waals surface area contributed by atoms with E-state index in [9.17, 15) is 8.78 Å². The van der Waals surface area contributed by atoms with Crippen LogP contribution in [0.25, 0.3) is 0 Å². The lowest BCUT2D eigenvalue weighted by molar-refractivity contribution is 0.626. The first-order chi connectivity index (χ1) is 12.6. The van der Waals surface area contributed by atoms with E-state index in [4.69, 9.17) is 11.6 Å². The van der Waals surface area contributed by atoms with Crippen molar-refractivity contribution < 1.29 is 8.78 Å². The molecular formula is C21H14ClF2NS. The Labute approximate surface area is 160 Å². The number of hydrogen-bond acceptors (Lipinski definition) is 2. The summed E-state index contributed by atoms with van der Waals surface area (Å²) in [7, 11) is 0. The van der Waals surface area contributed by atoms with Gasteiger partial charge in [-0.3, -0.25) is 0 Å². The zero-order valence-electron chi connectivity index (χ0n) is 13.6. The van der Waals surface area contributed by atoms with Gasteiger partial charge in [-0.05, 0) is 72.1 Å². The Hall–Kier alpha value is -2.43. The maximum absolute atomic E-state index is 13.1. The number of aliphatic imine (C=N–C) groups is 1. The molecule has 0 fully saturated rings. The number of allylic oxidation sites excluding steroid dienone is 1. The van der Waals surface area contributed by atoms with E-state index in [1.807, 2.05) is 23.6 Å². The molecule has 0 radical (unpaired) electrons. The van der Waals surface area contributed by atoms with E-state index in [1.54, 1.807) is 36.4 Å². The van der Waals surface area contributed by atoms with Crippen LogP contribution in [0.2, 0.25) is 5.02 Å². The summed E-state index contributed by atoms with van der Waals surface area (Å²) >= 11 is 7.41. The van der Waals surface area contributed by atoms with Crippen molar-refractivity contribution in [3.8, 4) is 0 Å².